The predicted molar refractivity (Wildman–Crippen MR) is 149 cm³/mol. The van der Waals surface area contributed by atoms with Gasteiger partial charge in [-0.25, -0.2) is 4.79 Å². The van der Waals surface area contributed by atoms with Crippen molar-refractivity contribution in [2.75, 3.05) is 6.54 Å². The summed E-state index contributed by atoms with van der Waals surface area (Å²) in [6, 6.07) is 3.69. The number of nitrogens with one attached hydrogen (secondary N) is 2. The lowest BCUT2D eigenvalue weighted by molar-refractivity contribution is -0.149. The highest BCUT2D eigenvalue weighted by atomic mass is 16.6. The average molecular weight is 533 g/mol. The quantitative estimate of drug-likeness (QED) is 0.323. The number of unbranched alkanes of at least 4 members (excludes halogenated alkanes) is 1. The molecule has 0 aliphatic carbocycles. The molecule has 4 amide bonds. The van der Waals surface area contributed by atoms with Crippen molar-refractivity contribution in [1.29, 1.82) is 0 Å². The normalized spacial score (nSPS) is 13.3. The molecular formula is C29H48N4O5. The molecule has 214 valence electrons. The van der Waals surface area contributed by atoms with Crippen molar-refractivity contribution in [1.82, 2.24) is 15.5 Å². The van der Waals surface area contributed by atoms with Crippen molar-refractivity contribution < 1.29 is 23.9 Å². The van der Waals surface area contributed by atoms with E-state index in [1.165, 1.54) is 0 Å². The fourth-order valence-electron chi connectivity index (χ4n) is 4.12. The number of nitrogens with zero attached hydrogens (tertiary/aromatic N) is 1. The van der Waals surface area contributed by atoms with Crippen molar-refractivity contribution in [2.45, 2.75) is 118 Å². The molecule has 0 radical (unpaired) electrons. The number of amides is 4. The van der Waals surface area contributed by atoms with E-state index < -0.39 is 41.1 Å². The Morgan fingerprint density at radius 1 is 1.05 bits per heavy atom. The summed E-state index contributed by atoms with van der Waals surface area (Å²) < 4.78 is 5.39. The van der Waals surface area contributed by atoms with E-state index in [9.17, 15) is 19.2 Å². The second-order valence-corrected chi connectivity index (χ2v) is 11.5. The Morgan fingerprint density at radius 3 is 2.18 bits per heavy atom. The highest BCUT2D eigenvalue weighted by Gasteiger charge is 2.43. The first-order chi connectivity index (χ1) is 17.5. The molecule has 0 aliphatic rings. The molecule has 9 nitrogen and oxygen atoms in total. The van der Waals surface area contributed by atoms with Gasteiger partial charge in [0, 0.05) is 18.5 Å². The standard InChI is InChI=1S/C29H48N4O5/c1-10-12-17-31-25(35)24(21-14-13-19(3)18-20(21)4)33(29(8,9)11-2)26(36)22(15-16-23(30)34)32-27(37)38-28(5,6)7/h13-14,18,22,24H,10-12,15-17H2,1-9H3,(H2,30,34)(H,31,35)(H,32,37). The molecule has 1 aromatic rings. The Balaban J connectivity index is 3.67. The molecular weight excluding hydrogens is 484 g/mol. The van der Waals surface area contributed by atoms with Crippen molar-refractivity contribution >= 4 is 23.8 Å². The van der Waals surface area contributed by atoms with Crippen LogP contribution in [0.15, 0.2) is 18.2 Å². The molecule has 0 spiro atoms. The third-order valence-corrected chi connectivity index (χ3v) is 6.48. The molecule has 1 aromatic carbocycles. The average Bonchev–Trinajstić information content (AvgIpc) is 2.79. The van der Waals surface area contributed by atoms with Crippen LogP contribution < -0.4 is 16.4 Å². The second-order valence-electron chi connectivity index (χ2n) is 11.5. The van der Waals surface area contributed by atoms with E-state index in [1.54, 1.807) is 25.7 Å². The SMILES string of the molecule is CCCCNC(=O)C(c1ccc(C)cc1C)N(C(=O)C(CCC(N)=O)NC(=O)OC(C)(C)C)C(C)(C)CC. The smallest absolute Gasteiger partial charge is 0.408 e. The van der Waals surface area contributed by atoms with Crippen molar-refractivity contribution in [3.8, 4) is 0 Å². The Bertz CT molecular complexity index is 984. The minimum Gasteiger partial charge on any atom is -0.444 e. The van der Waals surface area contributed by atoms with E-state index in [0.29, 0.717) is 18.5 Å². The van der Waals surface area contributed by atoms with Gasteiger partial charge in [0.2, 0.25) is 17.7 Å². The molecule has 9 heteroatoms. The summed E-state index contributed by atoms with van der Waals surface area (Å²) in [7, 11) is 0. The maximum atomic E-state index is 14.3. The van der Waals surface area contributed by atoms with Crippen LogP contribution in [0.1, 0.15) is 103 Å². The summed E-state index contributed by atoms with van der Waals surface area (Å²) in [4.78, 5) is 54.0. The van der Waals surface area contributed by atoms with E-state index in [2.05, 4.69) is 10.6 Å². The molecule has 4 N–H and O–H groups in total. The minimum atomic E-state index is -1.13. The number of alkyl carbamates (subject to hydrolysis) is 1. The van der Waals surface area contributed by atoms with Crippen LogP contribution in [-0.2, 0) is 19.1 Å². The summed E-state index contributed by atoms with van der Waals surface area (Å²) in [5.41, 5.74) is 6.44. The Labute approximate surface area is 228 Å². The number of carbonyl (C=O) groups is 4. The summed E-state index contributed by atoms with van der Waals surface area (Å²) in [5.74, 6) is -1.39. The molecule has 0 aliphatic heterocycles. The first kappa shape index (κ1) is 32.9. The topological polar surface area (TPSA) is 131 Å². The fraction of sp³-hybridized carbons (Fsp3) is 0.655. The molecule has 0 bridgehead atoms. The first-order valence-electron chi connectivity index (χ1n) is 13.5. The van der Waals surface area contributed by atoms with Crippen molar-refractivity contribution in [3.63, 3.8) is 0 Å². The number of ether oxygens (including phenoxy) is 1. The molecule has 2 unspecified atom stereocenters. The largest absolute Gasteiger partial charge is 0.444 e. The Morgan fingerprint density at radius 2 is 1.68 bits per heavy atom. The second kappa shape index (κ2) is 14.2. The van der Waals surface area contributed by atoms with Gasteiger partial charge in [0.15, 0.2) is 0 Å². The molecule has 38 heavy (non-hydrogen) atoms. The molecule has 2 atom stereocenters. The monoisotopic (exact) mass is 532 g/mol. The van der Waals surface area contributed by atoms with Crippen LogP contribution in [0.3, 0.4) is 0 Å². The number of carbonyl (C=O) groups excluding carboxylic acids is 4. The van der Waals surface area contributed by atoms with E-state index in [0.717, 1.165) is 24.0 Å². The zero-order valence-electron chi connectivity index (χ0n) is 24.7. The van der Waals surface area contributed by atoms with E-state index in [1.807, 2.05) is 59.7 Å². The van der Waals surface area contributed by atoms with Gasteiger partial charge in [-0.3, -0.25) is 14.4 Å². The molecule has 0 aromatic heterocycles. The Kier molecular flexibility index (Phi) is 12.3. The number of hydrogen-bond donors (Lipinski definition) is 3. The molecule has 1 rings (SSSR count). The van der Waals surface area contributed by atoms with Crippen LogP contribution in [-0.4, -0.2) is 52.4 Å². The molecule has 0 saturated carbocycles. The van der Waals surface area contributed by atoms with Gasteiger partial charge in [-0.1, -0.05) is 44.0 Å². The first-order valence-corrected chi connectivity index (χ1v) is 13.5. The van der Waals surface area contributed by atoms with Gasteiger partial charge in [0.05, 0.1) is 0 Å². The van der Waals surface area contributed by atoms with Crippen LogP contribution in [0.5, 0.6) is 0 Å². The van der Waals surface area contributed by atoms with Gasteiger partial charge in [-0.2, -0.15) is 0 Å². The third kappa shape index (κ3) is 9.99. The predicted octanol–water partition coefficient (Wildman–Crippen LogP) is 4.44. The lowest BCUT2D eigenvalue weighted by atomic mass is 9.89. The van der Waals surface area contributed by atoms with Crippen molar-refractivity contribution in [2.24, 2.45) is 5.73 Å². The van der Waals surface area contributed by atoms with Crippen LogP contribution in [0.2, 0.25) is 0 Å². The zero-order chi connectivity index (χ0) is 29.3. The maximum absolute atomic E-state index is 14.3. The molecule has 0 heterocycles. The summed E-state index contributed by atoms with van der Waals surface area (Å²) in [5, 5.41) is 5.63. The zero-order valence-corrected chi connectivity index (χ0v) is 24.7. The number of hydrogen-bond acceptors (Lipinski definition) is 5. The van der Waals surface area contributed by atoms with E-state index >= 15 is 0 Å². The summed E-state index contributed by atoms with van der Waals surface area (Å²) >= 11 is 0. The van der Waals surface area contributed by atoms with Gasteiger partial charge in [0.25, 0.3) is 0 Å². The van der Waals surface area contributed by atoms with Crippen LogP contribution >= 0.6 is 0 Å². The number of aryl methyl sites for hydroxylation is 2. The number of benzene rings is 1. The van der Waals surface area contributed by atoms with Gasteiger partial charge in [-0.15, -0.1) is 0 Å². The van der Waals surface area contributed by atoms with Gasteiger partial charge < -0.3 is 26.0 Å². The van der Waals surface area contributed by atoms with E-state index in [-0.39, 0.29) is 18.7 Å². The molecule has 0 saturated heterocycles. The molecule has 0 fully saturated rings. The van der Waals surface area contributed by atoms with Gasteiger partial charge in [-0.05, 0) is 78.9 Å². The van der Waals surface area contributed by atoms with Crippen LogP contribution in [0.25, 0.3) is 0 Å². The third-order valence-electron chi connectivity index (χ3n) is 6.48. The number of primary amides is 1. The maximum Gasteiger partial charge on any atom is 0.408 e. The van der Waals surface area contributed by atoms with E-state index in [4.69, 9.17) is 10.5 Å². The lowest BCUT2D eigenvalue weighted by Gasteiger charge is -2.45. The minimum absolute atomic E-state index is 0.0270. The highest BCUT2D eigenvalue weighted by Crippen LogP contribution is 2.34. The van der Waals surface area contributed by atoms with Crippen LogP contribution in [0, 0.1) is 13.8 Å². The summed E-state index contributed by atoms with van der Waals surface area (Å²) in [6.45, 7) is 17.3. The van der Waals surface area contributed by atoms with Crippen LogP contribution in [0.4, 0.5) is 4.79 Å². The highest BCUT2D eigenvalue weighted by molar-refractivity contribution is 5.93. The summed E-state index contributed by atoms with van der Waals surface area (Å²) in [6.07, 6.45) is 1.32. The number of rotatable bonds is 13. The number of nitrogens with two attached hydrogens (primary N) is 1. The van der Waals surface area contributed by atoms with Crippen molar-refractivity contribution in [3.05, 3.63) is 34.9 Å². The Hall–Kier alpha value is -3.10. The van der Waals surface area contributed by atoms with Gasteiger partial charge in [0.1, 0.15) is 17.7 Å². The van der Waals surface area contributed by atoms with Gasteiger partial charge >= 0.3 is 6.09 Å². The lowest BCUT2D eigenvalue weighted by Crippen LogP contribution is -2.59. The fourth-order valence-corrected chi connectivity index (χ4v) is 4.12.